The Kier molecular flexibility index (Phi) is 3.14. The first kappa shape index (κ1) is 11.7. The van der Waals surface area contributed by atoms with Gasteiger partial charge in [-0.1, -0.05) is 0 Å². The molecule has 5 nitrogen and oxygen atoms in total. The molecule has 5 heteroatoms. The monoisotopic (exact) mass is 212 g/mol. The van der Waals surface area contributed by atoms with Crippen molar-refractivity contribution in [3.05, 3.63) is 17.5 Å². The van der Waals surface area contributed by atoms with E-state index in [-0.39, 0.29) is 6.61 Å². The zero-order chi connectivity index (χ0) is 11.6. The summed E-state index contributed by atoms with van der Waals surface area (Å²) in [6.07, 6.45) is 1.62. The van der Waals surface area contributed by atoms with Crippen LogP contribution >= 0.6 is 0 Å². The predicted octanol–water partition coefficient (Wildman–Crippen LogP) is 0.499. The molecular formula is C10H16N2O3. The van der Waals surface area contributed by atoms with Gasteiger partial charge in [-0.25, -0.2) is 4.79 Å². The van der Waals surface area contributed by atoms with E-state index in [0.717, 1.165) is 0 Å². The Hall–Kier alpha value is -1.36. The number of nitrogens with zero attached hydrogens (tertiary/aromatic N) is 2. The third-order valence-corrected chi connectivity index (χ3v) is 2.21. The standard InChI is InChI=1S/C10H16N2O3/c1-5-15-9(13)10(3,14)8-6-12(4)11-7(8)2/h6,14H,5H2,1-4H3/t10-/m1/s1. The maximum absolute atomic E-state index is 11.5. The van der Waals surface area contributed by atoms with Gasteiger partial charge < -0.3 is 9.84 Å². The number of carbonyl (C=O) groups is 1. The summed E-state index contributed by atoms with van der Waals surface area (Å²) in [7, 11) is 1.73. The van der Waals surface area contributed by atoms with E-state index in [2.05, 4.69) is 5.10 Å². The van der Waals surface area contributed by atoms with Gasteiger partial charge in [0.25, 0.3) is 0 Å². The highest BCUT2D eigenvalue weighted by Gasteiger charge is 2.36. The largest absolute Gasteiger partial charge is 0.464 e. The molecule has 0 unspecified atom stereocenters. The molecular weight excluding hydrogens is 196 g/mol. The summed E-state index contributed by atoms with van der Waals surface area (Å²) in [5.41, 5.74) is -0.534. The van der Waals surface area contributed by atoms with Crippen LogP contribution in [0.4, 0.5) is 0 Å². The zero-order valence-electron chi connectivity index (χ0n) is 9.44. The third kappa shape index (κ3) is 2.18. The molecule has 0 aliphatic carbocycles. The first-order valence-electron chi connectivity index (χ1n) is 4.80. The lowest BCUT2D eigenvalue weighted by Gasteiger charge is -2.20. The number of rotatable bonds is 3. The molecule has 1 heterocycles. The Morgan fingerprint density at radius 3 is 2.73 bits per heavy atom. The van der Waals surface area contributed by atoms with Crippen LogP contribution in [0.2, 0.25) is 0 Å². The van der Waals surface area contributed by atoms with E-state index in [4.69, 9.17) is 4.74 Å². The second-order valence-corrected chi connectivity index (χ2v) is 3.59. The molecule has 0 bridgehead atoms. The number of carbonyl (C=O) groups excluding carboxylic acids is 1. The van der Waals surface area contributed by atoms with Gasteiger partial charge in [0.2, 0.25) is 0 Å². The molecule has 0 amide bonds. The van der Waals surface area contributed by atoms with Crippen LogP contribution in [0.5, 0.6) is 0 Å². The summed E-state index contributed by atoms with van der Waals surface area (Å²) in [5, 5.41) is 14.1. The molecule has 0 radical (unpaired) electrons. The average Bonchev–Trinajstić information content (AvgIpc) is 2.46. The Morgan fingerprint density at radius 2 is 2.33 bits per heavy atom. The molecule has 0 fully saturated rings. The number of hydrogen-bond donors (Lipinski definition) is 1. The number of aryl methyl sites for hydroxylation is 2. The molecule has 0 aliphatic heterocycles. The van der Waals surface area contributed by atoms with E-state index in [9.17, 15) is 9.90 Å². The topological polar surface area (TPSA) is 64.3 Å². The van der Waals surface area contributed by atoms with Crippen LogP contribution < -0.4 is 0 Å². The quantitative estimate of drug-likeness (QED) is 0.741. The van der Waals surface area contributed by atoms with E-state index in [1.807, 2.05) is 0 Å². The highest BCUT2D eigenvalue weighted by Crippen LogP contribution is 2.24. The van der Waals surface area contributed by atoms with Gasteiger partial charge in [0.05, 0.1) is 12.3 Å². The van der Waals surface area contributed by atoms with Crippen LogP contribution in [0, 0.1) is 6.92 Å². The van der Waals surface area contributed by atoms with E-state index >= 15 is 0 Å². The second-order valence-electron chi connectivity index (χ2n) is 3.59. The van der Waals surface area contributed by atoms with Crippen LogP contribution in [0.3, 0.4) is 0 Å². The predicted molar refractivity (Wildman–Crippen MR) is 54.1 cm³/mol. The van der Waals surface area contributed by atoms with E-state index in [1.54, 1.807) is 31.8 Å². The van der Waals surface area contributed by atoms with Crippen LogP contribution in [0.25, 0.3) is 0 Å². The van der Waals surface area contributed by atoms with Crippen molar-refractivity contribution in [3.63, 3.8) is 0 Å². The lowest BCUT2D eigenvalue weighted by atomic mass is 9.97. The first-order valence-corrected chi connectivity index (χ1v) is 4.80. The fourth-order valence-corrected chi connectivity index (χ4v) is 1.46. The Bertz CT molecular complexity index is 369. The molecule has 1 aromatic heterocycles. The second kappa shape index (κ2) is 4.02. The van der Waals surface area contributed by atoms with Gasteiger partial charge in [0, 0.05) is 18.8 Å². The SMILES string of the molecule is CCOC(=O)[C@](C)(O)c1cn(C)nc1C. The maximum Gasteiger partial charge on any atom is 0.342 e. The molecule has 1 N–H and O–H groups in total. The number of aromatic nitrogens is 2. The molecule has 1 rings (SSSR count). The van der Waals surface area contributed by atoms with Crippen LogP contribution in [-0.2, 0) is 22.2 Å². The molecule has 0 aromatic carbocycles. The minimum atomic E-state index is -1.63. The summed E-state index contributed by atoms with van der Waals surface area (Å²) in [4.78, 5) is 11.5. The first-order chi connectivity index (χ1) is 6.89. The minimum Gasteiger partial charge on any atom is -0.464 e. The maximum atomic E-state index is 11.5. The van der Waals surface area contributed by atoms with E-state index in [1.165, 1.54) is 6.92 Å². The smallest absolute Gasteiger partial charge is 0.342 e. The Morgan fingerprint density at radius 1 is 1.73 bits per heavy atom. The van der Waals surface area contributed by atoms with Gasteiger partial charge in [-0.3, -0.25) is 4.68 Å². The normalized spacial score (nSPS) is 14.7. The molecule has 15 heavy (non-hydrogen) atoms. The molecule has 84 valence electrons. The van der Waals surface area contributed by atoms with Gasteiger partial charge in [-0.15, -0.1) is 0 Å². The Balaban J connectivity index is 3.04. The highest BCUT2D eigenvalue weighted by molar-refractivity contribution is 5.80. The summed E-state index contributed by atoms with van der Waals surface area (Å²) < 4.78 is 6.35. The lowest BCUT2D eigenvalue weighted by Crippen LogP contribution is -2.34. The van der Waals surface area contributed by atoms with Crippen LogP contribution in [0.1, 0.15) is 25.1 Å². The summed E-state index contributed by atoms with van der Waals surface area (Å²) in [6, 6.07) is 0. The Labute approximate surface area is 88.7 Å². The number of ether oxygens (including phenoxy) is 1. The van der Waals surface area contributed by atoms with Crippen molar-refractivity contribution in [1.82, 2.24) is 9.78 Å². The molecule has 0 aliphatic rings. The van der Waals surface area contributed by atoms with E-state index < -0.39 is 11.6 Å². The molecule has 0 saturated heterocycles. The fourth-order valence-electron chi connectivity index (χ4n) is 1.46. The third-order valence-electron chi connectivity index (χ3n) is 2.21. The van der Waals surface area contributed by atoms with Crippen LogP contribution in [-0.4, -0.2) is 27.5 Å². The molecule has 0 spiro atoms. The summed E-state index contributed by atoms with van der Waals surface area (Å²) in [5.74, 6) is -0.652. The van der Waals surface area contributed by atoms with Crippen LogP contribution in [0.15, 0.2) is 6.20 Å². The van der Waals surface area contributed by atoms with Crippen molar-refractivity contribution in [3.8, 4) is 0 Å². The minimum absolute atomic E-state index is 0.244. The molecule has 1 aromatic rings. The summed E-state index contributed by atoms with van der Waals surface area (Å²) in [6.45, 7) is 5.09. The summed E-state index contributed by atoms with van der Waals surface area (Å²) >= 11 is 0. The average molecular weight is 212 g/mol. The molecule has 0 saturated carbocycles. The van der Waals surface area contributed by atoms with Gasteiger partial charge in [0.1, 0.15) is 0 Å². The van der Waals surface area contributed by atoms with Gasteiger partial charge in [0.15, 0.2) is 5.60 Å². The lowest BCUT2D eigenvalue weighted by molar-refractivity contribution is -0.164. The van der Waals surface area contributed by atoms with Gasteiger partial charge in [-0.2, -0.15) is 5.10 Å². The molecule has 1 atom stereocenters. The van der Waals surface area contributed by atoms with Crippen molar-refractivity contribution in [2.45, 2.75) is 26.4 Å². The van der Waals surface area contributed by atoms with Crippen molar-refractivity contribution in [2.24, 2.45) is 7.05 Å². The van der Waals surface area contributed by atoms with Crippen molar-refractivity contribution in [2.75, 3.05) is 6.61 Å². The van der Waals surface area contributed by atoms with Crippen molar-refractivity contribution < 1.29 is 14.6 Å². The number of esters is 1. The fraction of sp³-hybridized carbons (Fsp3) is 0.600. The number of hydrogen-bond acceptors (Lipinski definition) is 4. The zero-order valence-corrected chi connectivity index (χ0v) is 9.44. The number of aliphatic hydroxyl groups is 1. The van der Waals surface area contributed by atoms with Gasteiger partial charge >= 0.3 is 5.97 Å². The van der Waals surface area contributed by atoms with Crippen molar-refractivity contribution in [1.29, 1.82) is 0 Å². The van der Waals surface area contributed by atoms with E-state index in [0.29, 0.717) is 11.3 Å². The highest BCUT2D eigenvalue weighted by atomic mass is 16.5. The van der Waals surface area contributed by atoms with Crippen molar-refractivity contribution >= 4 is 5.97 Å². The van der Waals surface area contributed by atoms with Gasteiger partial charge in [-0.05, 0) is 20.8 Å².